The van der Waals surface area contributed by atoms with E-state index in [2.05, 4.69) is 15.6 Å². The zero-order valence-electron chi connectivity index (χ0n) is 14.6. The van der Waals surface area contributed by atoms with Crippen molar-refractivity contribution < 1.29 is 8.42 Å². The predicted octanol–water partition coefficient (Wildman–Crippen LogP) is 2.49. The molecule has 0 amide bonds. The van der Waals surface area contributed by atoms with Crippen LogP contribution in [0.2, 0.25) is 0 Å². The van der Waals surface area contributed by atoms with Crippen LogP contribution in [0, 0.1) is 0 Å². The third kappa shape index (κ3) is 3.33. The van der Waals surface area contributed by atoms with E-state index in [0.29, 0.717) is 15.7 Å². The molecule has 1 heterocycles. The number of nitrogens with zero attached hydrogens (tertiary/aromatic N) is 1. The summed E-state index contributed by atoms with van der Waals surface area (Å²) in [4.78, 5) is 5.08. The molecule has 1 unspecified atom stereocenters. The van der Waals surface area contributed by atoms with E-state index in [1.807, 2.05) is 18.2 Å². The molecular weight excluding hydrogens is 346 g/mol. The molecule has 136 valence electrons. The molecule has 0 aromatic heterocycles. The van der Waals surface area contributed by atoms with Gasteiger partial charge in [-0.3, -0.25) is 4.99 Å². The Balaban J connectivity index is 1.48. The average molecular weight is 369 g/mol. The highest BCUT2D eigenvalue weighted by atomic mass is 32.2. The van der Waals surface area contributed by atoms with Gasteiger partial charge in [0.05, 0.1) is 16.3 Å². The smallest absolute Gasteiger partial charge is 0.206 e. The van der Waals surface area contributed by atoms with Crippen LogP contribution in [0.25, 0.3) is 0 Å². The zero-order valence-corrected chi connectivity index (χ0v) is 15.4. The molecule has 1 aliphatic heterocycles. The summed E-state index contributed by atoms with van der Waals surface area (Å²) in [6, 6.07) is 14.3. The SMILES string of the molecule is O=S(=O)(c1ccccc1)c1ccc2c(c1)CCC2CCNC1=NCCN1. The fourth-order valence-corrected chi connectivity index (χ4v) is 5.10. The second-order valence-electron chi connectivity index (χ2n) is 6.79. The molecule has 2 aromatic carbocycles. The molecule has 0 fully saturated rings. The molecule has 26 heavy (non-hydrogen) atoms. The Labute approximate surface area is 154 Å². The van der Waals surface area contributed by atoms with Gasteiger partial charge < -0.3 is 10.6 Å². The Kier molecular flexibility index (Phi) is 4.68. The minimum atomic E-state index is -3.44. The lowest BCUT2D eigenvalue weighted by atomic mass is 9.98. The maximum atomic E-state index is 12.8. The average Bonchev–Trinajstić information content (AvgIpc) is 3.32. The van der Waals surface area contributed by atoms with Gasteiger partial charge in [-0.1, -0.05) is 24.3 Å². The number of hydrogen-bond donors (Lipinski definition) is 2. The largest absolute Gasteiger partial charge is 0.356 e. The van der Waals surface area contributed by atoms with E-state index in [4.69, 9.17) is 0 Å². The van der Waals surface area contributed by atoms with Crippen molar-refractivity contribution in [1.82, 2.24) is 10.6 Å². The van der Waals surface area contributed by atoms with Gasteiger partial charge >= 0.3 is 0 Å². The van der Waals surface area contributed by atoms with E-state index in [1.165, 1.54) is 11.1 Å². The maximum Gasteiger partial charge on any atom is 0.206 e. The van der Waals surface area contributed by atoms with E-state index in [9.17, 15) is 8.42 Å². The van der Waals surface area contributed by atoms with E-state index < -0.39 is 9.84 Å². The van der Waals surface area contributed by atoms with Crippen LogP contribution in [0.4, 0.5) is 0 Å². The number of benzene rings is 2. The normalized spacial score (nSPS) is 18.9. The van der Waals surface area contributed by atoms with Crippen molar-refractivity contribution in [2.75, 3.05) is 19.6 Å². The van der Waals surface area contributed by atoms with E-state index in [0.717, 1.165) is 44.9 Å². The van der Waals surface area contributed by atoms with Gasteiger partial charge in [0, 0.05) is 13.1 Å². The number of nitrogens with one attached hydrogen (secondary N) is 2. The van der Waals surface area contributed by atoms with Crippen molar-refractivity contribution in [2.45, 2.75) is 35.0 Å². The molecule has 0 saturated heterocycles. The third-order valence-electron chi connectivity index (χ3n) is 5.14. The van der Waals surface area contributed by atoms with Crippen molar-refractivity contribution in [3.63, 3.8) is 0 Å². The van der Waals surface area contributed by atoms with Crippen LogP contribution in [-0.4, -0.2) is 34.0 Å². The summed E-state index contributed by atoms with van der Waals surface area (Å²) < 4.78 is 25.6. The number of aliphatic imine (C=N–C) groups is 1. The third-order valence-corrected chi connectivity index (χ3v) is 6.91. The maximum absolute atomic E-state index is 12.8. The summed E-state index contributed by atoms with van der Waals surface area (Å²) in [5, 5.41) is 6.55. The highest BCUT2D eigenvalue weighted by Crippen LogP contribution is 2.37. The lowest BCUT2D eigenvalue weighted by Gasteiger charge is -2.14. The molecular formula is C20H23N3O2S. The van der Waals surface area contributed by atoms with Gasteiger partial charge in [-0.05, 0) is 60.6 Å². The van der Waals surface area contributed by atoms with Crippen LogP contribution in [0.1, 0.15) is 29.9 Å². The Morgan fingerprint density at radius 2 is 1.96 bits per heavy atom. The van der Waals surface area contributed by atoms with Crippen molar-refractivity contribution >= 4 is 15.8 Å². The molecule has 2 aromatic rings. The van der Waals surface area contributed by atoms with Crippen molar-refractivity contribution in [1.29, 1.82) is 0 Å². The summed E-state index contributed by atoms with van der Waals surface area (Å²) >= 11 is 0. The Hall–Kier alpha value is -2.34. The molecule has 2 aliphatic rings. The quantitative estimate of drug-likeness (QED) is 0.849. The topological polar surface area (TPSA) is 70.6 Å². The van der Waals surface area contributed by atoms with Gasteiger partial charge in [0.1, 0.15) is 0 Å². The van der Waals surface area contributed by atoms with Crippen LogP contribution in [0.15, 0.2) is 63.3 Å². The number of hydrogen-bond acceptors (Lipinski definition) is 5. The lowest BCUT2D eigenvalue weighted by molar-refractivity contribution is 0.596. The van der Waals surface area contributed by atoms with E-state index in [1.54, 1.807) is 30.3 Å². The van der Waals surface area contributed by atoms with Gasteiger partial charge in [-0.15, -0.1) is 0 Å². The van der Waals surface area contributed by atoms with E-state index in [-0.39, 0.29) is 0 Å². The van der Waals surface area contributed by atoms with Crippen molar-refractivity contribution in [3.8, 4) is 0 Å². The Bertz CT molecular complexity index is 923. The summed E-state index contributed by atoms with van der Waals surface area (Å²) in [5.74, 6) is 1.38. The summed E-state index contributed by atoms with van der Waals surface area (Å²) in [6.07, 6.45) is 3.04. The lowest BCUT2D eigenvalue weighted by Crippen LogP contribution is -2.34. The fourth-order valence-electron chi connectivity index (χ4n) is 3.77. The minimum absolute atomic E-state index is 0.350. The summed E-state index contributed by atoms with van der Waals surface area (Å²) in [7, 11) is -3.44. The standard InChI is InChI=1S/C20H23N3O2S/c24-26(25,17-4-2-1-3-5-17)18-8-9-19-15(6-7-16(19)14-18)10-11-21-20-22-12-13-23-20/h1-5,8-9,14-15H,6-7,10-13H2,(H2,21,22,23). The van der Waals surface area contributed by atoms with Crippen molar-refractivity contribution in [2.24, 2.45) is 4.99 Å². The first-order chi connectivity index (χ1) is 12.6. The van der Waals surface area contributed by atoms with Crippen LogP contribution < -0.4 is 10.6 Å². The molecule has 1 atom stereocenters. The highest BCUT2D eigenvalue weighted by Gasteiger charge is 2.25. The van der Waals surface area contributed by atoms with Crippen LogP contribution in [0.5, 0.6) is 0 Å². The highest BCUT2D eigenvalue weighted by molar-refractivity contribution is 7.91. The minimum Gasteiger partial charge on any atom is -0.356 e. The second-order valence-corrected chi connectivity index (χ2v) is 8.73. The van der Waals surface area contributed by atoms with Crippen molar-refractivity contribution in [3.05, 3.63) is 59.7 Å². The molecule has 6 heteroatoms. The molecule has 1 aliphatic carbocycles. The molecule has 5 nitrogen and oxygen atoms in total. The monoisotopic (exact) mass is 369 g/mol. The fraction of sp³-hybridized carbons (Fsp3) is 0.350. The summed E-state index contributed by atoms with van der Waals surface area (Å²) in [6.45, 7) is 2.63. The predicted molar refractivity (Wildman–Crippen MR) is 102 cm³/mol. The van der Waals surface area contributed by atoms with Crippen LogP contribution in [-0.2, 0) is 16.3 Å². The van der Waals surface area contributed by atoms with Gasteiger partial charge in [0.2, 0.25) is 9.84 Å². The Morgan fingerprint density at radius 3 is 2.73 bits per heavy atom. The first-order valence-electron chi connectivity index (χ1n) is 9.10. The summed E-state index contributed by atoms with van der Waals surface area (Å²) in [5.41, 5.74) is 2.46. The van der Waals surface area contributed by atoms with E-state index >= 15 is 0 Å². The first-order valence-corrected chi connectivity index (χ1v) is 10.6. The van der Waals surface area contributed by atoms with Gasteiger partial charge in [-0.2, -0.15) is 0 Å². The Morgan fingerprint density at radius 1 is 1.12 bits per heavy atom. The number of sulfone groups is 1. The first kappa shape index (κ1) is 17.1. The molecule has 0 spiro atoms. The number of rotatable bonds is 5. The molecule has 4 rings (SSSR count). The number of fused-ring (bicyclic) bond motifs is 1. The molecule has 0 bridgehead atoms. The van der Waals surface area contributed by atoms with Gasteiger partial charge in [-0.25, -0.2) is 8.42 Å². The van der Waals surface area contributed by atoms with Gasteiger partial charge in [0.15, 0.2) is 5.96 Å². The van der Waals surface area contributed by atoms with Gasteiger partial charge in [0.25, 0.3) is 0 Å². The molecule has 2 N–H and O–H groups in total. The second kappa shape index (κ2) is 7.11. The van der Waals surface area contributed by atoms with Crippen LogP contribution >= 0.6 is 0 Å². The number of guanidine groups is 1. The van der Waals surface area contributed by atoms with Crippen LogP contribution in [0.3, 0.4) is 0 Å². The molecule has 0 radical (unpaired) electrons. The zero-order chi connectivity index (χ0) is 18.0. The molecule has 0 saturated carbocycles. The number of aryl methyl sites for hydroxylation is 1.